The number of urea groups is 1. The minimum atomic E-state index is -0.972. The molecule has 3 fully saturated rings. The van der Waals surface area contributed by atoms with Crippen molar-refractivity contribution >= 4 is 40.5 Å². The summed E-state index contributed by atoms with van der Waals surface area (Å²) in [4.78, 5) is 51.3. The van der Waals surface area contributed by atoms with Gasteiger partial charge < -0.3 is 30.6 Å². The van der Waals surface area contributed by atoms with Crippen molar-refractivity contribution < 1.29 is 19.1 Å². The lowest BCUT2D eigenvalue weighted by Crippen LogP contribution is -2.58. The summed E-state index contributed by atoms with van der Waals surface area (Å²) in [6.45, 7) is 12.5. The second-order valence-corrected chi connectivity index (χ2v) is 15.6. The van der Waals surface area contributed by atoms with Crippen molar-refractivity contribution in [2.24, 2.45) is 10.8 Å². The Balaban J connectivity index is 1.38. The number of hydrogen-bond donors (Lipinski definition) is 4. The zero-order chi connectivity index (χ0) is 34.3. The lowest BCUT2D eigenvalue weighted by atomic mass is 9.77. The first-order valence-corrected chi connectivity index (χ1v) is 17.7. The maximum Gasteiger partial charge on any atom is 0.318 e. The number of H-pyrrole nitrogens is 1. The molecule has 6 rings (SSSR count). The van der Waals surface area contributed by atoms with Crippen LogP contribution in [-0.2, 0) is 19.7 Å². The molecule has 3 aromatic rings. The number of fused-ring (bicyclic) bond motifs is 1. The van der Waals surface area contributed by atoms with E-state index in [0.717, 1.165) is 60.9 Å². The van der Waals surface area contributed by atoms with Crippen molar-refractivity contribution in [3.8, 4) is 0 Å². The fourth-order valence-electron chi connectivity index (χ4n) is 7.44. The smallest absolute Gasteiger partial charge is 0.318 e. The second kappa shape index (κ2) is 13.3. The molecule has 4 N–H and O–H groups in total. The number of aromatic nitrogens is 2. The molecule has 1 aliphatic carbocycles. The van der Waals surface area contributed by atoms with Gasteiger partial charge in [-0.05, 0) is 79.2 Å². The number of amides is 4. The second-order valence-electron chi connectivity index (χ2n) is 15.2. The average molecular weight is 677 g/mol. The predicted octanol–water partition coefficient (Wildman–Crippen LogP) is 5.97. The number of likely N-dealkylation sites (tertiary alicyclic amines) is 1. The molecule has 2 aromatic carbocycles. The van der Waals surface area contributed by atoms with Gasteiger partial charge in [0, 0.05) is 37.2 Å². The van der Waals surface area contributed by atoms with Crippen LogP contribution in [0.15, 0.2) is 42.5 Å². The fourth-order valence-corrected chi connectivity index (χ4v) is 7.70. The van der Waals surface area contributed by atoms with Crippen molar-refractivity contribution in [2.45, 2.75) is 90.1 Å². The largest absolute Gasteiger partial charge is 0.380 e. The Morgan fingerprint density at radius 1 is 1.06 bits per heavy atom. The highest BCUT2D eigenvalue weighted by Crippen LogP contribution is 2.60. The van der Waals surface area contributed by atoms with Crippen LogP contribution >= 0.6 is 11.6 Å². The molecule has 3 heterocycles. The molecular weight excluding hydrogens is 628 g/mol. The molecule has 1 saturated carbocycles. The van der Waals surface area contributed by atoms with E-state index in [2.05, 4.69) is 33.9 Å². The number of hydrogen-bond acceptors (Lipinski definition) is 5. The number of nitrogens with zero attached hydrogens (tertiary/aromatic N) is 2. The molecule has 3 aliphatic rings. The highest BCUT2D eigenvalue weighted by atomic mass is 35.5. The summed E-state index contributed by atoms with van der Waals surface area (Å²) >= 11 is 6.84. The number of benzene rings is 2. The van der Waals surface area contributed by atoms with Gasteiger partial charge in [0.05, 0.1) is 29.1 Å². The van der Waals surface area contributed by atoms with E-state index in [1.54, 1.807) is 0 Å². The Kier molecular flexibility index (Phi) is 9.52. The van der Waals surface area contributed by atoms with Crippen LogP contribution in [0.5, 0.6) is 0 Å². The summed E-state index contributed by atoms with van der Waals surface area (Å²) in [5.74, 6) is 0.0988. The number of imidazole rings is 1. The third kappa shape index (κ3) is 6.66. The highest BCUT2D eigenvalue weighted by molar-refractivity contribution is 6.31. The van der Waals surface area contributed by atoms with E-state index in [0.29, 0.717) is 30.4 Å². The van der Waals surface area contributed by atoms with Gasteiger partial charge >= 0.3 is 6.03 Å². The van der Waals surface area contributed by atoms with Crippen molar-refractivity contribution in [1.29, 1.82) is 0 Å². The Morgan fingerprint density at radius 3 is 2.42 bits per heavy atom. The molecule has 1 aromatic heterocycles. The minimum absolute atomic E-state index is 0.0604. The van der Waals surface area contributed by atoms with Gasteiger partial charge in [0.15, 0.2) is 0 Å². The van der Waals surface area contributed by atoms with E-state index in [-0.39, 0.29) is 35.8 Å². The third-order valence-corrected chi connectivity index (χ3v) is 10.9. The lowest BCUT2D eigenvalue weighted by Gasteiger charge is -2.34. The van der Waals surface area contributed by atoms with E-state index < -0.39 is 22.9 Å². The normalized spacial score (nSPS) is 22.2. The molecule has 0 spiro atoms. The monoisotopic (exact) mass is 676 g/mol. The van der Waals surface area contributed by atoms with Crippen molar-refractivity contribution in [1.82, 2.24) is 30.8 Å². The van der Waals surface area contributed by atoms with Crippen molar-refractivity contribution in [3.05, 3.63) is 64.4 Å². The van der Waals surface area contributed by atoms with Crippen LogP contribution in [0, 0.1) is 10.8 Å². The standard InChI is InChI=1S/C37H49ClN6O4/c1-6-39-32(45)30(35(2,3)4)43-33(46)37(17-20-48-22-37)23-13-14-26-27(21-23)41-31(40-26)29(42-34(47)44-18-9-10-19-44)28(36(5)15-16-36)24-11-7-8-12-25(24)38/h7-8,11-14,21,28-30H,6,9-10,15-20,22H2,1-5H3,(H,39,45)(H,40,41)(H,42,47)(H,43,46)/t28-,29-,30-,37?/m0/s1. The van der Waals surface area contributed by atoms with Crippen LogP contribution in [0.4, 0.5) is 4.79 Å². The third-order valence-electron chi connectivity index (χ3n) is 10.6. The number of ether oxygens (including phenoxy) is 1. The van der Waals surface area contributed by atoms with E-state index in [9.17, 15) is 14.4 Å². The number of carbonyl (C=O) groups is 3. The first-order chi connectivity index (χ1) is 22.9. The number of aromatic amines is 1. The van der Waals surface area contributed by atoms with E-state index >= 15 is 0 Å². The Hall–Kier alpha value is -3.63. The average Bonchev–Trinajstić information content (AvgIpc) is 3.51. The molecule has 0 bridgehead atoms. The molecule has 0 radical (unpaired) electrons. The zero-order valence-electron chi connectivity index (χ0n) is 28.7. The van der Waals surface area contributed by atoms with Crippen LogP contribution in [-0.4, -0.2) is 71.6 Å². The van der Waals surface area contributed by atoms with Crippen LogP contribution in [0.3, 0.4) is 0 Å². The summed E-state index contributed by atoms with van der Waals surface area (Å²) in [7, 11) is 0. The zero-order valence-corrected chi connectivity index (χ0v) is 29.5. The molecule has 48 heavy (non-hydrogen) atoms. The maximum absolute atomic E-state index is 14.2. The van der Waals surface area contributed by atoms with Gasteiger partial charge in [-0.1, -0.05) is 63.6 Å². The molecule has 1 unspecified atom stereocenters. The number of halogens is 1. The van der Waals surface area contributed by atoms with Crippen LogP contribution in [0.1, 0.15) is 95.6 Å². The van der Waals surface area contributed by atoms with E-state index in [1.807, 2.05) is 69.0 Å². The van der Waals surface area contributed by atoms with Gasteiger partial charge in [-0.25, -0.2) is 9.78 Å². The number of nitrogens with one attached hydrogen (secondary N) is 4. The molecular formula is C37H49ClN6O4. The summed E-state index contributed by atoms with van der Waals surface area (Å²) in [5, 5.41) is 10.00. The summed E-state index contributed by atoms with van der Waals surface area (Å²) in [5.41, 5.74) is 1.75. The van der Waals surface area contributed by atoms with Gasteiger partial charge in [-0.3, -0.25) is 9.59 Å². The van der Waals surface area contributed by atoms with Gasteiger partial charge in [0.25, 0.3) is 0 Å². The SMILES string of the molecule is CCNC(=O)[C@H](NC(=O)C1(c2ccc3nc([C@@H](NC(=O)N4CCCC4)[C@H](c4ccccc4Cl)C4(C)CC4)[nH]c3c2)CCOC1)C(C)(C)C. The first kappa shape index (κ1) is 34.2. The van der Waals surface area contributed by atoms with Crippen molar-refractivity contribution in [3.63, 3.8) is 0 Å². The van der Waals surface area contributed by atoms with Gasteiger partial charge in [-0.2, -0.15) is 0 Å². The van der Waals surface area contributed by atoms with Crippen LogP contribution in [0.25, 0.3) is 11.0 Å². The predicted molar refractivity (Wildman–Crippen MR) is 187 cm³/mol. The molecule has 258 valence electrons. The molecule has 4 amide bonds. The molecule has 11 heteroatoms. The molecule has 2 aliphatic heterocycles. The minimum Gasteiger partial charge on any atom is -0.380 e. The summed E-state index contributed by atoms with van der Waals surface area (Å²) in [6.07, 6.45) is 4.52. The first-order valence-electron chi connectivity index (χ1n) is 17.3. The summed E-state index contributed by atoms with van der Waals surface area (Å²) < 4.78 is 5.84. The maximum atomic E-state index is 14.2. The Labute approximate surface area is 288 Å². The van der Waals surface area contributed by atoms with Crippen LogP contribution < -0.4 is 16.0 Å². The van der Waals surface area contributed by atoms with Gasteiger partial charge in [-0.15, -0.1) is 0 Å². The quantitative estimate of drug-likeness (QED) is 0.210. The van der Waals surface area contributed by atoms with E-state index in [4.69, 9.17) is 21.3 Å². The summed E-state index contributed by atoms with van der Waals surface area (Å²) in [6, 6.07) is 12.4. The highest BCUT2D eigenvalue weighted by Gasteiger charge is 2.51. The Morgan fingerprint density at radius 2 is 1.79 bits per heavy atom. The lowest BCUT2D eigenvalue weighted by molar-refractivity contribution is -0.134. The fraction of sp³-hybridized carbons (Fsp3) is 0.568. The molecule has 10 nitrogen and oxygen atoms in total. The molecule has 2 saturated heterocycles. The number of likely N-dealkylation sites (N-methyl/N-ethyl adjacent to an activating group) is 1. The topological polar surface area (TPSA) is 128 Å². The van der Waals surface area contributed by atoms with Crippen molar-refractivity contribution in [2.75, 3.05) is 32.8 Å². The van der Waals surface area contributed by atoms with Crippen LogP contribution in [0.2, 0.25) is 5.02 Å². The van der Waals surface area contributed by atoms with E-state index in [1.165, 1.54) is 0 Å². The Bertz CT molecular complexity index is 1670. The number of carbonyl (C=O) groups excluding carboxylic acids is 3. The molecule has 4 atom stereocenters. The van der Waals surface area contributed by atoms with Gasteiger partial charge in [0.2, 0.25) is 11.8 Å². The van der Waals surface area contributed by atoms with Gasteiger partial charge in [0.1, 0.15) is 11.9 Å². The number of rotatable bonds is 10.